The molecule has 0 bridgehead atoms. The topological polar surface area (TPSA) is 41.1 Å². The number of aryl methyl sites for hydroxylation is 1. The summed E-state index contributed by atoms with van der Waals surface area (Å²) in [6.07, 6.45) is 5.08. The third-order valence-corrected chi connectivity index (χ3v) is 4.22. The molecule has 0 saturated carbocycles. The van der Waals surface area contributed by atoms with Crippen LogP contribution in [0.15, 0.2) is 24.3 Å². The highest BCUT2D eigenvalue weighted by Gasteiger charge is 2.14. The van der Waals surface area contributed by atoms with Crippen molar-refractivity contribution >= 4 is 5.91 Å². The zero-order valence-electron chi connectivity index (χ0n) is 12.5. The summed E-state index contributed by atoms with van der Waals surface area (Å²) >= 11 is 0. The first-order valence-corrected chi connectivity index (χ1v) is 7.77. The van der Waals surface area contributed by atoms with E-state index in [1.807, 2.05) is 0 Å². The van der Waals surface area contributed by atoms with Gasteiger partial charge >= 0.3 is 0 Å². The number of amides is 1. The van der Waals surface area contributed by atoms with Crippen LogP contribution in [-0.4, -0.2) is 25.5 Å². The van der Waals surface area contributed by atoms with Crippen LogP contribution < -0.4 is 10.6 Å². The third kappa shape index (κ3) is 4.97. The van der Waals surface area contributed by atoms with Gasteiger partial charge < -0.3 is 10.6 Å². The average molecular weight is 274 g/mol. The Morgan fingerprint density at radius 3 is 2.80 bits per heavy atom. The Morgan fingerprint density at radius 1 is 1.30 bits per heavy atom. The minimum Gasteiger partial charge on any atom is -0.356 e. The zero-order valence-corrected chi connectivity index (χ0v) is 12.5. The number of rotatable bonds is 6. The molecule has 2 rings (SSSR count). The van der Waals surface area contributed by atoms with Crippen LogP contribution in [0, 0.1) is 12.8 Å². The van der Waals surface area contributed by atoms with Crippen LogP contribution >= 0.6 is 0 Å². The van der Waals surface area contributed by atoms with Crippen LogP contribution in [0.5, 0.6) is 0 Å². The van der Waals surface area contributed by atoms with Crippen LogP contribution in [0.1, 0.15) is 36.8 Å². The molecular weight excluding hydrogens is 248 g/mol. The molecular formula is C17H26N2O. The lowest BCUT2D eigenvalue weighted by Gasteiger charge is -2.22. The molecule has 0 aliphatic carbocycles. The number of carbonyl (C=O) groups excluding carboxylic acids is 1. The van der Waals surface area contributed by atoms with E-state index in [4.69, 9.17) is 0 Å². The minimum absolute atomic E-state index is 0.206. The van der Waals surface area contributed by atoms with Crippen LogP contribution in [0.4, 0.5) is 0 Å². The molecule has 1 aliphatic rings. The third-order valence-electron chi connectivity index (χ3n) is 4.22. The van der Waals surface area contributed by atoms with E-state index in [-0.39, 0.29) is 5.91 Å². The Morgan fingerprint density at radius 2 is 2.05 bits per heavy atom. The second kappa shape index (κ2) is 8.05. The zero-order chi connectivity index (χ0) is 14.2. The van der Waals surface area contributed by atoms with Gasteiger partial charge in [0, 0.05) is 13.0 Å². The summed E-state index contributed by atoms with van der Waals surface area (Å²) in [6, 6.07) is 8.36. The molecule has 20 heavy (non-hydrogen) atoms. The van der Waals surface area contributed by atoms with Gasteiger partial charge in [-0.2, -0.15) is 0 Å². The molecule has 2 N–H and O–H groups in total. The number of piperidine rings is 1. The predicted molar refractivity (Wildman–Crippen MR) is 82.7 cm³/mol. The van der Waals surface area contributed by atoms with E-state index in [1.165, 1.54) is 24.0 Å². The SMILES string of the molecule is Cc1ccccc1CCNC(=O)CCC1CCNCC1. The van der Waals surface area contributed by atoms with Crippen molar-refractivity contribution in [3.8, 4) is 0 Å². The van der Waals surface area contributed by atoms with Crippen molar-refractivity contribution in [2.24, 2.45) is 5.92 Å². The standard InChI is InChI=1S/C17H26N2O/c1-14-4-2-3-5-16(14)10-13-19-17(20)7-6-15-8-11-18-12-9-15/h2-5,15,18H,6-13H2,1H3,(H,19,20). The number of carbonyl (C=O) groups is 1. The number of nitrogens with one attached hydrogen (secondary N) is 2. The number of hydrogen-bond acceptors (Lipinski definition) is 2. The predicted octanol–water partition coefficient (Wildman–Crippen LogP) is 2.43. The van der Waals surface area contributed by atoms with E-state index < -0.39 is 0 Å². The van der Waals surface area contributed by atoms with Gasteiger partial charge in [-0.15, -0.1) is 0 Å². The largest absolute Gasteiger partial charge is 0.356 e. The molecule has 1 aromatic carbocycles. The van der Waals surface area contributed by atoms with Gasteiger partial charge in [0.25, 0.3) is 0 Å². The van der Waals surface area contributed by atoms with Gasteiger partial charge in [0.05, 0.1) is 0 Å². The first-order valence-electron chi connectivity index (χ1n) is 7.77. The fourth-order valence-electron chi connectivity index (χ4n) is 2.82. The van der Waals surface area contributed by atoms with Gasteiger partial charge in [-0.25, -0.2) is 0 Å². The minimum atomic E-state index is 0.206. The summed E-state index contributed by atoms with van der Waals surface area (Å²) < 4.78 is 0. The lowest BCUT2D eigenvalue weighted by atomic mass is 9.93. The molecule has 0 radical (unpaired) electrons. The van der Waals surface area contributed by atoms with Crippen molar-refractivity contribution in [2.45, 2.75) is 39.0 Å². The van der Waals surface area contributed by atoms with E-state index in [9.17, 15) is 4.79 Å². The smallest absolute Gasteiger partial charge is 0.220 e. The van der Waals surface area contributed by atoms with E-state index >= 15 is 0 Å². The van der Waals surface area contributed by atoms with Crippen molar-refractivity contribution in [1.82, 2.24) is 10.6 Å². The summed E-state index contributed by atoms with van der Waals surface area (Å²) in [6.45, 7) is 5.09. The molecule has 3 nitrogen and oxygen atoms in total. The lowest BCUT2D eigenvalue weighted by Crippen LogP contribution is -2.30. The quantitative estimate of drug-likeness (QED) is 0.836. The van der Waals surface area contributed by atoms with E-state index in [0.29, 0.717) is 6.42 Å². The fourth-order valence-corrected chi connectivity index (χ4v) is 2.82. The Labute approximate surface area is 122 Å². The Kier molecular flexibility index (Phi) is 6.06. The van der Waals surface area contributed by atoms with Crippen LogP contribution in [-0.2, 0) is 11.2 Å². The average Bonchev–Trinajstić information content (AvgIpc) is 2.48. The van der Waals surface area contributed by atoms with Gasteiger partial charge in [0.2, 0.25) is 5.91 Å². The maximum Gasteiger partial charge on any atom is 0.220 e. The molecule has 1 aromatic rings. The summed E-state index contributed by atoms with van der Waals surface area (Å²) in [5.41, 5.74) is 2.63. The van der Waals surface area contributed by atoms with Gasteiger partial charge in [-0.05, 0) is 62.7 Å². The van der Waals surface area contributed by atoms with E-state index in [1.54, 1.807) is 0 Å². The second-order valence-corrected chi connectivity index (χ2v) is 5.76. The molecule has 0 aromatic heterocycles. The van der Waals surface area contributed by atoms with Crippen LogP contribution in [0.2, 0.25) is 0 Å². The van der Waals surface area contributed by atoms with Crippen molar-refractivity contribution in [3.63, 3.8) is 0 Å². The van der Waals surface area contributed by atoms with Crippen molar-refractivity contribution in [1.29, 1.82) is 0 Å². The number of benzene rings is 1. The molecule has 1 heterocycles. The molecule has 110 valence electrons. The Bertz CT molecular complexity index is 425. The van der Waals surface area contributed by atoms with Crippen molar-refractivity contribution < 1.29 is 4.79 Å². The molecule has 0 unspecified atom stereocenters. The Hall–Kier alpha value is -1.35. The molecule has 0 atom stereocenters. The molecule has 0 spiro atoms. The Balaban J connectivity index is 1.61. The van der Waals surface area contributed by atoms with Crippen LogP contribution in [0.3, 0.4) is 0 Å². The van der Waals surface area contributed by atoms with Gasteiger partial charge in [0.15, 0.2) is 0 Å². The van der Waals surface area contributed by atoms with Crippen molar-refractivity contribution in [2.75, 3.05) is 19.6 Å². The fraction of sp³-hybridized carbons (Fsp3) is 0.588. The summed E-state index contributed by atoms with van der Waals surface area (Å²) in [4.78, 5) is 11.8. The molecule has 1 aliphatic heterocycles. The first-order chi connectivity index (χ1) is 9.75. The monoisotopic (exact) mass is 274 g/mol. The normalized spacial score (nSPS) is 16.1. The van der Waals surface area contributed by atoms with Crippen molar-refractivity contribution in [3.05, 3.63) is 35.4 Å². The second-order valence-electron chi connectivity index (χ2n) is 5.76. The molecule has 1 amide bonds. The van der Waals surface area contributed by atoms with E-state index in [2.05, 4.69) is 41.8 Å². The molecule has 1 saturated heterocycles. The lowest BCUT2D eigenvalue weighted by molar-refractivity contribution is -0.121. The maximum absolute atomic E-state index is 11.8. The highest BCUT2D eigenvalue weighted by Crippen LogP contribution is 2.17. The summed E-state index contributed by atoms with van der Waals surface area (Å²) in [7, 11) is 0. The highest BCUT2D eigenvalue weighted by molar-refractivity contribution is 5.75. The van der Waals surface area contributed by atoms with Gasteiger partial charge in [-0.1, -0.05) is 24.3 Å². The maximum atomic E-state index is 11.8. The summed E-state index contributed by atoms with van der Waals surface area (Å²) in [5, 5.41) is 6.40. The summed E-state index contributed by atoms with van der Waals surface area (Å²) in [5.74, 6) is 0.940. The molecule has 1 fully saturated rings. The van der Waals surface area contributed by atoms with Crippen LogP contribution in [0.25, 0.3) is 0 Å². The number of hydrogen-bond donors (Lipinski definition) is 2. The highest BCUT2D eigenvalue weighted by atomic mass is 16.1. The van der Waals surface area contributed by atoms with E-state index in [0.717, 1.165) is 38.4 Å². The first kappa shape index (κ1) is 15.0. The van der Waals surface area contributed by atoms with Gasteiger partial charge in [0.1, 0.15) is 0 Å². The molecule has 3 heteroatoms. The van der Waals surface area contributed by atoms with Gasteiger partial charge in [-0.3, -0.25) is 4.79 Å².